The van der Waals surface area contributed by atoms with Gasteiger partial charge in [-0.05, 0) is 31.0 Å². The predicted molar refractivity (Wildman–Crippen MR) is 62.5 cm³/mol. The molecule has 0 aliphatic heterocycles. The van der Waals surface area contributed by atoms with Crippen LogP contribution in [0.3, 0.4) is 0 Å². The maximum absolute atomic E-state index is 10.5. The Balaban J connectivity index is 2.50. The van der Waals surface area contributed by atoms with E-state index in [4.69, 9.17) is 9.84 Å². The quantitative estimate of drug-likeness (QED) is 0.747. The first-order valence-corrected chi connectivity index (χ1v) is 5.47. The number of carbonyl (C=O) groups is 1. The third-order valence-corrected chi connectivity index (χ3v) is 2.20. The van der Waals surface area contributed by atoms with Crippen LogP contribution >= 0.6 is 0 Å². The van der Waals surface area contributed by atoms with Gasteiger partial charge in [0.15, 0.2) is 0 Å². The van der Waals surface area contributed by atoms with E-state index in [0.717, 1.165) is 24.0 Å². The molecule has 1 N–H and O–H groups in total. The summed E-state index contributed by atoms with van der Waals surface area (Å²) >= 11 is 0. The third-order valence-electron chi connectivity index (χ3n) is 2.20. The molecule has 3 heteroatoms. The van der Waals surface area contributed by atoms with Crippen molar-refractivity contribution in [3.05, 3.63) is 29.8 Å². The zero-order valence-electron chi connectivity index (χ0n) is 9.72. The Kier molecular flexibility index (Phi) is 4.99. The highest BCUT2D eigenvalue weighted by Crippen LogP contribution is 2.14. The smallest absolute Gasteiger partial charge is 0.123 e. The lowest BCUT2D eigenvalue weighted by Crippen LogP contribution is -2.12. The minimum absolute atomic E-state index is 0.0456. The summed E-state index contributed by atoms with van der Waals surface area (Å²) in [5.74, 6) is 0.785. The van der Waals surface area contributed by atoms with Crippen molar-refractivity contribution in [1.29, 1.82) is 0 Å². The summed E-state index contributed by atoms with van der Waals surface area (Å²) in [6, 6.07) is 7.60. The fourth-order valence-corrected chi connectivity index (χ4v) is 1.36. The molecule has 1 aromatic carbocycles. The molecule has 0 amide bonds. The zero-order valence-corrected chi connectivity index (χ0v) is 9.72. The number of aliphatic hydroxyl groups is 1. The first-order valence-electron chi connectivity index (χ1n) is 5.47. The van der Waals surface area contributed by atoms with Gasteiger partial charge in [-0.15, -0.1) is 0 Å². The molecule has 0 heterocycles. The second kappa shape index (κ2) is 6.28. The number of benzene rings is 1. The van der Waals surface area contributed by atoms with Crippen LogP contribution in [0.4, 0.5) is 0 Å². The first kappa shape index (κ1) is 12.7. The average Bonchev–Trinajstić information content (AvgIpc) is 2.28. The van der Waals surface area contributed by atoms with Crippen LogP contribution in [0.1, 0.15) is 19.4 Å². The van der Waals surface area contributed by atoms with Crippen LogP contribution in [0.2, 0.25) is 0 Å². The van der Waals surface area contributed by atoms with E-state index in [-0.39, 0.29) is 5.92 Å². The van der Waals surface area contributed by atoms with Crippen LogP contribution in [0.15, 0.2) is 24.3 Å². The Bertz CT molecular complexity index is 316. The second-order valence-corrected chi connectivity index (χ2v) is 4.12. The molecule has 0 bridgehead atoms. The fourth-order valence-electron chi connectivity index (χ4n) is 1.36. The number of ether oxygens (including phenoxy) is 1. The van der Waals surface area contributed by atoms with E-state index in [1.165, 1.54) is 0 Å². The van der Waals surface area contributed by atoms with E-state index in [0.29, 0.717) is 6.61 Å². The SMILES string of the molecule is CC(O)COc1ccc(CC(C)C=O)cc1. The first-order chi connectivity index (χ1) is 7.61. The molecule has 1 rings (SSSR count). The molecular formula is C13H18O3. The standard InChI is InChI=1S/C13H18O3/c1-10(8-14)7-12-3-5-13(6-4-12)16-9-11(2)15/h3-6,8,10-11,15H,7,9H2,1-2H3. The van der Waals surface area contributed by atoms with Crippen molar-refractivity contribution in [2.24, 2.45) is 5.92 Å². The molecule has 2 atom stereocenters. The van der Waals surface area contributed by atoms with Gasteiger partial charge in [-0.3, -0.25) is 0 Å². The van der Waals surface area contributed by atoms with Crippen LogP contribution in [0.5, 0.6) is 5.75 Å². The molecule has 1 aromatic rings. The Hall–Kier alpha value is -1.35. The number of carbonyl (C=O) groups excluding carboxylic acids is 1. The summed E-state index contributed by atoms with van der Waals surface area (Å²) in [6.07, 6.45) is 1.24. The van der Waals surface area contributed by atoms with E-state index >= 15 is 0 Å². The van der Waals surface area contributed by atoms with Gasteiger partial charge in [0.05, 0.1) is 6.10 Å². The van der Waals surface area contributed by atoms with Crippen molar-refractivity contribution in [2.45, 2.75) is 26.4 Å². The van der Waals surface area contributed by atoms with E-state index in [2.05, 4.69) is 0 Å². The number of hydrogen-bond donors (Lipinski definition) is 1. The Morgan fingerprint density at radius 2 is 1.94 bits per heavy atom. The van der Waals surface area contributed by atoms with Gasteiger partial charge in [-0.2, -0.15) is 0 Å². The zero-order chi connectivity index (χ0) is 12.0. The summed E-state index contributed by atoms with van der Waals surface area (Å²) in [7, 11) is 0. The summed E-state index contributed by atoms with van der Waals surface area (Å²) in [5.41, 5.74) is 1.11. The largest absolute Gasteiger partial charge is 0.491 e. The van der Waals surface area contributed by atoms with Gasteiger partial charge in [0.1, 0.15) is 18.6 Å². The monoisotopic (exact) mass is 222 g/mol. The Morgan fingerprint density at radius 3 is 2.44 bits per heavy atom. The van der Waals surface area contributed by atoms with Gasteiger partial charge < -0.3 is 14.6 Å². The molecule has 0 saturated heterocycles. The van der Waals surface area contributed by atoms with Crippen molar-refractivity contribution >= 4 is 6.29 Å². The number of aliphatic hydroxyl groups excluding tert-OH is 1. The predicted octanol–water partition coefficient (Wildman–Crippen LogP) is 1.82. The highest BCUT2D eigenvalue weighted by Gasteiger charge is 2.02. The van der Waals surface area contributed by atoms with Gasteiger partial charge in [-0.1, -0.05) is 19.1 Å². The lowest BCUT2D eigenvalue weighted by atomic mass is 10.0. The molecule has 0 saturated carbocycles. The number of hydrogen-bond acceptors (Lipinski definition) is 3. The highest BCUT2D eigenvalue weighted by molar-refractivity contribution is 5.53. The van der Waals surface area contributed by atoms with Crippen molar-refractivity contribution < 1.29 is 14.6 Å². The van der Waals surface area contributed by atoms with Crippen LogP contribution in [0.25, 0.3) is 0 Å². The summed E-state index contributed by atoms with van der Waals surface area (Å²) < 4.78 is 5.33. The van der Waals surface area contributed by atoms with Gasteiger partial charge in [0.25, 0.3) is 0 Å². The van der Waals surface area contributed by atoms with Gasteiger partial charge in [0, 0.05) is 5.92 Å². The molecule has 0 aliphatic carbocycles. The maximum Gasteiger partial charge on any atom is 0.123 e. The molecular weight excluding hydrogens is 204 g/mol. The van der Waals surface area contributed by atoms with Crippen LogP contribution < -0.4 is 4.74 Å². The lowest BCUT2D eigenvalue weighted by molar-refractivity contribution is -0.110. The third kappa shape index (κ3) is 4.45. The molecule has 16 heavy (non-hydrogen) atoms. The molecule has 0 spiro atoms. The minimum atomic E-state index is -0.463. The van der Waals surface area contributed by atoms with Crippen molar-refractivity contribution in [3.63, 3.8) is 0 Å². The Labute approximate surface area is 96.1 Å². The van der Waals surface area contributed by atoms with Gasteiger partial charge >= 0.3 is 0 Å². The highest BCUT2D eigenvalue weighted by atomic mass is 16.5. The van der Waals surface area contributed by atoms with Crippen molar-refractivity contribution in [2.75, 3.05) is 6.61 Å². The summed E-state index contributed by atoms with van der Waals surface area (Å²) in [5, 5.41) is 9.06. The second-order valence-electron chi connectivity index (χ2n) is 4.12. The molecule has 3 nitrogen and oxygen atoms in total. The molecule has 0 aromatic heterocycles. The van der Waals surface area contributed by atoms with E-state index < -0.39 is 6.10 Å². The molecule has 0 aliphatic rings. The minimum Gasteiger partial charge on any atom is -0.491 e. The number of aldehydes is 1. The lowest BCUT2D eigenvalue weighted by Gasteiger charge is -2.09. The molecule has 0 fully saturated rings. The van der Waals surface area contributed by atoms with Gasteiger partial charge in [0.2, 0.25) is 0 Å². The van der Waals surface area contributed by atoms with Gasteiger partial charge in [-0.25, -0.2) is 0 Å². The molecule has 88 valence electrons. The van der Waals surface area contributed by atoms with Crippen LogP contribution in [0, 0.1) is 5.92 Å². The summed E-state index contributed by atoms with van der Waals surface area (Å²) in [4.78, 5) is 10.5. The molecule has 2 unspecified atom stereocenters. The molecule has 0 radical (unpaired) electrons. The van der Waals surface area contributed by atoms with Crippen molar-refractivity contribution in [3.8, 4) is 5.75 Å². The normalized spacial score (nSPS) is 14.2. The van der Waals surface area contributed by atoms with E-state index in [9.17, 15) is 4.79 Å². The van der Waals surface area contributed by atoms with Crippen molar-refractivity contribution in [1.82, 2.24) is 0 Å². The van der Waals surface area contributed by atoms with Crippen LogP contribution in [-0.2, 0) is 11.2 Å². The maximum atomic E-state index is 10.5. The summed E-state index contributed by atoms with van der Waals surface area (Å²) in [6.45, 7) is 3.87. The van der Waals surface area contributed by atoms with E-state index in [1.54, 1.807) is 6.92 Å². The fraction of sp³-hybridized carbons (Fsp3) is 0.462. The Morgan fingerprint density at radius 1 is 1.31 bits per heavy atom. The van der Waals surface area contributed by atoms with E-state index in [1.807, 2.05) is 31.2 Å². The topological polar surface area (TPSA) is 46.5 Å². The number of rotatable bonds is 6. The average molecular weight is 222 g/mol. The van der Waals surface area contributed by atoms with Crippen LogP contribution in [-0.4, -0.2) is 24.1 Å².